The molecule has 1 saturated heterocycles. The maximum atomic E-state index is 12.7. The average Bonchev–Trinajstić information content (AvgIpc) is 3.04. The van der Waals surface area contributed by atoms with E-state index in [1.165, 1.54) is 4.31 Å². The predicted octanol–water partition coefficient (Wildman–Crippen LogP) is 5.10. The first kappa shape index (κ1) is 25.1. The summed E-state index contributed by atoms with van der Waals surface area (Å²) in [4.78, 5) is 12.7. The number of sulfonamides is 1. The van der Waals surface area contributed by atoms with Crippen LogP contribution in [0.4, 0.5) is 11.4 Å². The van der Waals surface area contributed by atoms with Gasteiger partial charge in [0.2, 0.25) is 15.9 Å². The molecule has 1 amide bonds. The van der Waals surface area contributed by atoms with Crippen molar-refractivity contribution in [3.05, 3.63) is 53.1 Å². The Morgan fingerprint density at radius 2 is 1.64 bits per heavy atom. The molecule has 0 aromatic heterocycles. The van der Waals surface area contributed by atoms with E-state index in [1.54, 1.807) is 24.3 Å². The van der Waals surface area contributed by atoms with E-state index in [9.17, 15) is 18.3 Å². The molecule has 6 nitrogen and oxygen atoms in total. The number of hydrogen-bond donors (Lipinski definition) is 2. The van der Waals surface area contributed by atoms with Gasteiger partial charge in [-0.2, -0.15) is 0 Å². The first-order valence-electron chi connectivity index (χ1n) is 11.5. The Balaban J connectivity index is 1.75. The fourth-order valence-corrected chi connectivity index (χ4v) is 5.69. The number of anilines is 2. The van der Waals surface area contributed by atoms with E-state index in [2.05, 4.69) is 46.9 Å². The van der Waals surface area contributed by atoms with Gasteiger partial charge in [-0.3, -0.25) is 9.10 Å². The van der Waals surface area contributed by atoms with Crippen LogP contribution >= 0.6 is 0 Å². The van der Waals surface area contributed by atoms with E-state index in [1.807, 2.05) is 12.1 Å². The van der Waals surface area contributed by atoms with Gasteiger partial charge < -0.3 is 10.4 Å². The van der Waals surface area contributed by atoms with Crippen LogP contribution in [0.2, 0.25) is 0 Å². The van der Waals surface area contributed by atoms with Gasteiger partial charge in [0.25, 0.3) is 0 Å². The summed E-state index contributed by atoms with van der Waals surface area (Å²) in [5, 5.41) is 13.8. The van der Waals surface area contributed by atoms with Crippen molar-refractivity contribution in [3.63, 3.8) is 0 Å². The van der Waals surface area contributed by atoms with E-state index in [0.717, 1.165) is 16.7 Å². The number of phenols is 1. The molecule has 0 bridgehead atoms. The lowest BCUT2D eigenvalue weighted by Crippen LogP contribution is -2.25. The number of nitrogens with one attached hydrogen (secondary N) is 1. The molecule has 0 radical (unpaired) electrons. The molecule has 3 rings (SSSR count). The number of aromatic hydroxyl groups is 1. The Morgan fingerprint density at radius 1 is 1.03 bits per heavy atom. The standard InChI is InChI=1S/C26H36N2O4S/c1-25(2,3)21-15-18(16-22(24(21)30)26(4,5)6)11-12-23(29)27-19-9-7-10-20(17-19)28-13-8-14-33(28,31)32/h7,9-10,15-17,30H,8,11-14H2,1-6H3,(H,27,29). The number of carbonyl (C=O) groups is 1. The molecular weight excluding hydrogens is 436 g/mol. The highest BCUT2D eigenvalue weighted by Crippen LogP contribution is 2.40. The minimum Gasteiger partial charge on any atom is -0.507 e. The molecule has 2 aromatic rings. The molecule has 7 heteroatoms. The van der Waals surface area contributed by atoms with Crippen LogP contribution in [-0.4, -0.2) is 31.7 Å². The molecule has 0 aliphatic carbocycles. The van der Waals surface area contributed by atoms with Crippen molar-refractivity contribution in [3.8, 4) is 5.75 Å². The van der Waals surface area contributed by atoms with Gasteiger partial charge in [0.1, 0.15) is 5.75 Å². The van der Waals surface area contributed by atoms with Crippen LogP contribution in [0, 0.1) is 0 Å². The number of phenolic OH excluding ortho intramolecular Hbond substituents is 1. The van der Waals surface area contributed by atoms with Crippen LogP contribution in [0.25, 0.3) is 0 Å². The van der Waals surface area contributed by atoms with Crippen molar-refractivity contribution in [2.24, 2.45) is 0 Å². The van der Waals surface area contributed by atoms with Gasteiger partial charge in [-0.25, -0.2) is 8.42 Å². The van der Waals surface area contributed by atoms with Gasteiger partial charge in [-0.15, -0.1) is 0 Å². The fourth-order valence-electron chi connectivity index (χ4n) is 4.13. The van der Waals surface area contributed by atoms with Crippen molar-refractivity contribution < 1.29 is 18.3 Å². The zero-order chi connectivity index (χ0) is 24.6. The number of hydrogen-bond acceptors (Lipinski definition) is 4. The highest BCUT2D eigenvalue weighted by atomic mass is 32.2. The Bertz CT molecular complexity index is 1110. The van der Waals surface area contributed by atoms with E-state index in [0.29, 0.717) is 36.5 Å². The third-order valence-electron chi connectivity index (χ3n) is 5.94. The molecule has 1 aliphatic rings. The van der Waals surface area contributed by atoms with Gasteiger partial charge in [-0.05, 0) is 58.6 Å². The van der Waals surface area contributed by atoms with Crippen molar-refractivity contribution in [1.82, 2.24) is 0 Å². The van der Waals surface area contributed by atoms with Crippen molar-refractivity contribution in [2.45, 2.75) is 71.6 Å². The second-order valence-corrected chi connectivity index (χ2v) is 12.9. The van der Waals surface area contributed by atoms with Gasteiger partial charge in [0, 0.05) is 18.7 Å². The first-order chi connectivity index (χ1) is 15.2. The molecule has 1 aliphatic heterocycles. The van der Waals surface area contributed by atoms with Gasteiger partial charge in [-0.1, -0.05) is 59.7 Å². The summed E-state index contributed by atoms with van der Waals surface area (Å²) < 4.78 is 25.8. The summed E-state index contributed by atoms with van der Waals surface area (Å²) in [5.74, 6) is 0.347. The lowest BCUT2D eigenvalue weighted by atomic mass is 9.78. The monoisotopic (exact) mass is 472 g/mol. The lowest BCUT2D eigenvalue weighted by molar-refractivity contribution is -0.116. The van der Waals surface area contributed by atoms with Crippen LogP contribution in [0.3, 0.4) is 0 Å². The summed E-state index contributed by atoms with van der Waals surface area (Å²) in [5.41, 5.74) is 3.48. The minimum atomic E-state index is -3.27. The first-order valence-corrected chi connectivity index (χ1v) is 13.1. The zero-order valence-corrected chi connectivity index (χ0v) is 21.3. The lowest BCUT2D eigenvalue weighted by Gasteiger charge is -2.28. The van der Waals surface area contributed by atoms with Gasteiger partial charge in [0.15, 0.2) is 0 Å². The Hall–Kier alpha value is -2.54. The number of amides is 1. The van der Waals surface area contributed by atoms with E-state index < -0.39 is 10.0 Å². The topological polar surface area (TPSA) is 86.7 Å². The van der Waals surface area contributed by atoms with Crippen molar-refractivity contribution in [2.75, 3.05) is 21.9 Å². The van der Waals surface area contributed by atoms with Crippen LogP contribution in [0.5, 0.6) is 5.75 Å². The quantitative estimate of drug-likeness (QED) is 0.634. The third-order valence-corrected chi connectivity index (χ3v) is 7.81. The summed E-state index contributed by atoms with van der Waals surface area (Å²) in [6.07, 6.45) is 1.43. The van der Waals surface area contributed by atoms with Gasteiger partial charge in [0.05, 0.1) is 11.4 Å². The van der Waals surface area contributed by atoms with Crippen LogP contribution < -0.4 is 9.62 Å². The maximum Gasteiger partial charge on any atom is 0.235 e. The van der Waals surface area contributed by atoms with Crippen LogP contribution in [0.15, 0.2) is 36.4 Å². The average molecular weight is 473 g/mol. The second-order valence-electron chi connectivity index (χ2n) is 10.9. The number of aryl methyl sites for hydroxylation is 1. The largest absolute Gasteiger partial charge is 0.507 e. The van der Waals surface area contributed by atoms with Gasteiger partial charge >= 0.3 is 0 Å². The Morgan fingerprint density at radius 3 is 2.15 bits per heavy atom. The van der Waals surface area contributed by atoms with E-state index >= 15 is 0 Å². The molecule has 0 saturated carbocycles. The van der Waals surface area contributed by atoms with Crippen LogP contribution in [-0.2, 0) is 32.1 Å². The normalized spacial score (nSPS) is 16.1. The number of rotatable bonds is 5. The molecular formula is C26H36N2O4S. The zero-order valence-electron chi connectivity index (χ0n) is 20.5. The summed E-state index contributed by atoms with van der Waals surface area (Å²) in [6.45, 7) is 12.9. The second kappa shape index (κ2) is 9.01. The molecule has 0 spiro atoms. The molecule has 1 fully saturated rings. The third kappa shape index (κ3) is 5.88. The van der Waals surface area contributed by atoms with E-state index in [-0.39, 0.29) is 28.9 Å². The van der Waals surface area contributed by atoms with Crippen molar-refractivity contribution >= 4 is 27.3 Å². The molecule has 0 unspecified atom stereocenters. The van der Waals surface area contributed by atoms with Crippen LogP contribution in [0.1, 0.15) is 71.1 Å². The Kier molecular flexibility index (Phi) is 6.85. The SMILES string of the molecule is CC(C)(C)c1cc(CCC(=O)Nc2cccc(N3CCCS3(=O)=O)c2)cc(C(C)(C)C)c1O. The predicted molar refractivity (Wildman–Crippen MR) is 135 cm³/mol. The smallest absolute Gasteiger partial charge is 0.235 e. The molecule has 1 heterocycles. The van der Waals surface area contributed by atoms with E-state index in [4.69, 9.17) is 0 Å². The summed E-state index contributed by atoms with van der Waals surface area (Å²) >= 11 is 0. The molecule has 2 aromatic carbocycles. The number of benzene rings is 2. The summed E-state index contributed by atoms with van der Waals surface area (Å²) in [6, 6.07) is 11.0. The number of carbonyl (C=O) groups excluding carboxylic acids is 1. The fraction of sp³-hybridized carbons (Fsp3) is 0.500. The molecule has 180 valence electrons. The highest BCUT2D eigenvalue weighted by Gasteiger charge is 2.29. The minimum absolute atomic E-state index is 0.140. The molecule has 2 N–H and O–H groups in total. The number of nitrogens with zero attached hydrogens (tertiary/aromatic N) is 1. The molecule has 33 heavy (non-hydrogen) atoms. The maximum absolute atomic E-state index is 12.7. The Labute approximate surface area is 198 Å². The molecule has 0 atom stereocenters. The van der Waals surface area contributed by atoms with Crippen molar-refractivity contribution in [1.29, 1.82) is 0 Å². The summed E-state index contributed by atoms with van der Waals surface area (Å²) in [7, 11) is -3.27. The highest BCUT2D eigenvalue weighted by molar-refractivity contribution is 7.93.